The van der Waals surface area contributed by atoms with Gasteiger partial charge < -0.3 is 25.6 Å². The summed E-state index contributed by atoms with van der Waals surface area (Å²) in [5.41, 5.74) is 5.11. The van der Waals surface area contributed by atoms with Gasteiger partial charge in [-0.1, -0.05) is 6.07 Å². The van der Waals surface area contributed by atoms with Crippen LogP contribution in [0.1, 0.15) is 49.5 Å². The van der Waals surface area contributed by atoms with Crippen molar-refractivity contribution in [3.63, 3.8) is 0 Å². The third-order valence-electron chi connectivity index (χ3n) is 5.37. The Labute approximate surface area is 190 Å². The highest BCUT2D eigenvalue weighted by atomic mass is 19.2. The lowest BCUT2D eigenvalue weighted by Crippen LogP contribution is -2.28. The van der Waals surface area contributed by atoms with Gasteiger partial charge in [0.05, 0.1) is 18.3 Å². The van der Waals surface area contributed by atoms with E-state index >= 15 is 0 Å². The maximum atomic E-state index is 13.1. The number of ether oxygens (including phenoxy) is 2. The highest BCUT2D eigenvalue weighted by molar-refractivity contribution is 5.96. The molecule has 10 heteroatoms. The number of benzene rings is 1. The number of amides is 2. The third-order valence-corrected chi connectivity index (χ3v) is 5.37. The number of aromatic nitrogens is 1. The molecule has 2 unspecified atom stereocenters. The van der Waals surface area contributed by atoms with E-state index in [9.17, 15) is 23.5 Å². The molecule has 178 valence electrons. The van der Waals surface area contributed by atoms with Gasteiger partial charge in [0, 0.05) is 18.3 Å². The first kappa shape index (κ1) is 24.5. The molecule has 2 atom stereocenters. The number of nitrogens with one attached hydrogen (secondary N) is 1. The number of hydrogen-bond donors (Lipinski definition) is 3. The Morgan fingerprint density at radius 2 is 2.06 bits per heavy atom. The van der Waals surface area contributed by atoms with Crippen LogP contribution in [0.5, 0.6) is 5.75 Å². The Morgan fingerprint density at radius 3 is 2.70 bits per heavy atom. The molecule has 2 heterocycles. The van der Waals surface area contributed by atoms with Crippen LogP contribution in [0.2, 0.25) is 0 Å². The molecule has 0 radical (unpaired) electrons. The molecule has 1 aromatic heterocycles. The molecule has 1 saturated heterocycles. The van der Waals surface area contributed by atoms with Crippen molar-refractivity contribution in [1.29, 1.82) is 0 Å². The average molecular weight is 463 g/mol. The van der Waals surface area contributed by atoms with Crippen LogP contribution in [0.3, 0.4) is 0 Å². The highest BCUT2D eigenvalue weighted by Crippen LogP contribution is 2.38. The minimum Gasteiger partial charge on any atom is -0.490 e. The SMILES string of the molecule is CC1CCC(C(=O)Nc2ccnc(C(N)=O)c2)O1.OC1(CCOc2cccc(F)c2F)CC1. The topological polar surface area (TPSA) is 124 Å². The van der Waals surface area contributed by atoms with Crippen molar-refractivity contribution >= 4 is 17.5 Å². The Balaban J connectivity index is 0.000000189. The number of nitrogens with zero attached hydrogens (tertiary/aromatic N) is 1. The summed E-state index contributed by atoms with van der Waals surface area (Å²) in [5.74, 6) is -2.82. The van der Waals surface area contributed by atoms with Gasteiger partial charge in [-0.15, -0.1) is 0 Å². The van der Waals surface area contributed by atoms with Crippen molar-refractivity contribution in [3.8, 4) is 5.75 Å². The quantitative estimate of drug-likeness (QED) is 0.580. The van der Waals surface area contributed by atoms with Crippen LogP contribution in [0.25, 0.3) is 0 Å². The van der Waals surface area contributed by atoms with Gasteiger partial charge in [0.25, 0.3) is 11.8 Å². The molecule has 4 rings (SSSR count). The number of carbonyl (C=O) groups is 2. The first-order valence-electron chi connectivity index (χ1n) is 10.7. The van der Waals surface area contributed by atoms with E-state index in [1.54, 1.807) is 6.07 Å². The van der Waals surface area contributed by atoms with Crippen molar-refractivity contribution in [2.45, 2.75) is 56.8 Å². The molecule has 33 heavy (non-hydrogen) atoms. The van der Waals surface area contributed by atoms with Crippen LogP contribution in [0.15, 0.2) is 36.5 Å². The molecular weight excluding hydrogens is 436 g/mol. The number of pyridine rings is 1. The normalized spacial score (nSPS) is 20.4. The number of aliphatic hydroxyl groups is 1. The third kappa shape index (κ3) is 7.19. The molecule has 2 fully saturated rings. The lowest BCUT2D eigenvalue weighted by molar-refractivity contribution is -0.126. The predicted octanol–water partition coefficient (Wildman–Crippen LogP) is 2.95. The highest BCUT2D eigenvalue weighted by Gasteiger charge is 2.39. The Kier molecular flexibility index (Phi) is 7.93. The molecule has 1 saturated carbocycles. The second-order valence-electron chi connectivity index (χ2n) is 8.17. The molecular formula is C23H27F2N3O5. The fraction of sp³-hybridized carbons (Fsp3) is 0.435. The second kappa shape index (κ2) is 10.7. The zero-order valence-corrected chi connectivity index (χ0v) is 18.2. The van der Waals surface area contributed by atoms with Crippen LogP contribution >= 0.6 is 0 Å². The Bertz CT molecular complexity index is 1000. The number of primary amides is 1. The fourth-order valence-electron chi connectivity index (χ4n) is 3.20. The molecule has 1 aliphatic heterocycles. The van der Waals surface area contributed by atoms with E-state index in [4.69, 9.17) is 15.2 Å². The number of hydrogen-bond acceptors (Lipinski definition) is 6. The number of anilines is 1. The minimum absolute atomic E-state index is 0.0979. The molecule has 0 spiro atoms. The molecule has 1 aromatic carbocycles. The van der Waals surface area contributed by atoms with Crippen LogP contribution in [0, 0.1) is 11.6 Å². The van der Waals surface area contributed by atoms with Gasteiger partial charge in [-0.2, -0.15) is 4.39 Å². The van der Waals surface area contributed by atoms with Crippen LogP contribution in [-0.4, -0.2) is 46.3 Å². The summed E-state index contributed by atoms with van der Waals surface area (Å²) in [5, 5.41) is 12.2. The van der Waals surface area contributed by atoms with Gasteiger partial charge in [-0.05, 0) is 56.9 Å². The largest absolute Gasteiger partial charge is 0.490 e. The maximum Gasteiger partial charge on any atom is 0.267 e. The van der Waals surface area contributed by atoms with E-state index in [-0.39, 0.29) is 30.1 Å². The molecule has 1 aliphatic carbocycles. The smallest absolute Gasteiger partial charge is 0.267 e. The van der Waals surface area contributed by atoms with E-state index in [2.05, 4.69) is 10.3 Å². The van der Waals surface area contributed by atoms with E-state index in [0.717, 1.165) is 25.3 Å². The number of nitrogens with two attached hydrogens (primary N) is 1. The molecule has 0 bridgehead atoms. The summed E-state index contributed by atoms with van der Waals surface area (Å²) in [6.45, 7) is 2.14. The monoisotopic (exact) mass is 463 g/mol. The fourth-order valence-corrected chi connectivity index (χ4v) is 3.20. The van der Waals surface area contributed by atoms with E-state index in [1.807, 2.05) is 6.92 Å². The van der Waals surface area contributed by atoms with Crippen molar-refractivity contribution in [1.82, 2.24) is 4.98 Å². The lowest BCUT2D eigenvalue weighted by atomic mass is 10.2. The van der Waals surface area contributed by atoms with Gasteiger partial charge in [0.15, 0.2) is 11.6 Å². The molecule has 4 N–H and O–H groups in total. The van der Waals surface area contributed by atoms with E-state index in [1.165, 1.54) is 24.4 Å². The van der Waals surface area contributed by atoms with Crippen LogP contribution in [-0.2, 0) is 9.53 Å². The van der Waals surface area contributed by atoms with E-state index in [0.29, 0.717) is 18.5 Å². The van der Waals surface area contributed by atoms with Gasteiger partial charge in [0.1, 0.15) is 11.8 Å². The van der Waals surface area contributed by atoms with Crippen molar-refractivity contribution in [2.24, 2.45) is 5.73 Å². The summed E-state index contributed by atoms with van der Waals surface area (Å²) in [7, 11) is 0. The molecule has 8 nitrogen and oxygen atoms in total. The van der Waals surface area contributed by atoms with Gasteiger partial charge >= 0.3 is 0 Å². The number of carbonyl (C=O) groups excluding carboxylic acids is 2. The number of halogens is 2. The molecule has 2 aromatic rings. The van der Waals surface area contributed by atoms with Crippen molar-refractivity contribution in [2.75, 3.05) is 11.9 Å². The predicted molar refractivity (Wildman–Crippen MR) is 116 cm³/mol. The summed E-state index contributed by atoms with van der Waals surface area (Å²) >= 11 is 0. The van der Waals surface area contributed by atoms with Gasteiger partial charge in [-0.3, -0.25) is 14.6 Å². The van der Waals surface area contributed by atoms with Gasteiger partial charge in [-0.25, -0.2) is 4.39 Å². The number of rotatable bonds is 7. The second-order valence-corrected chi connectivity index (χ2v) is 8.17. The Hall–Kier alpha value is -3.11. The van der Waals surface area contributed by atoms with Crippen LogP contribution < -0.4 is 15.8 Å². The van der Waals surface area contributed by atoms with Gasteiger partial charge in [0.2, 0.25) is 5.82 Å². The lowest BCUT2D eigenvalue weighted by Gasteiger charge is -2.11. The van der Waals surface area contributed by atoms with Crippen molar-refractivity contribution < 1.29 is 33.0 Å². The summed E-state index contributed by atoms with van der Waals surface area (Å²) in [6, 6.07) is 6.84. The maximum absolute atomic E-state index is 13.1. The first-order valence-corrected chi connectivity index (χ1v) is 10.7. The Morgan fingerprint density at radius 1 is 1.30 bits per heavy atom. The zero-order chi connectivity index (χ0) is 24.0. The molecule has 2 amide bonds. The summed E-state index contributed by atoms with van der Waals surface area (Å²) < 4.78 is 36.3. The summed E-state index contributed by atoms with van der Waals surface area (Å²) in [6.07, 6.45) is 4.69. The van der Waals surface area contributed by atoms with Crippen LogP contribution in [0.4, 0.5) is 14.5 Å². The first-order chi connectivity index (χ1) is 15.7. The molecule has 2 aliphatic rings. The minimum atomic E-state index is -0.972. The average Bonchev–Trinajstić information content (AvgIpc) is 3.35. The van der Waals surface area contributed by atoms with E-state index < -0.39 is 29.2 Å². The summed E-state index contributed by atoms with van der Waals surface area (Å²) in [4.78, 5) is 26.6. The van der Waals surface area contributed by atoms with Crippen molar-refractivity contribution in [3.05, 3.63) is 53.9 Å². The standard InChI is InChI=1S/C12H15N3O3.C11H12F2O2/c1-7-2-3-10(18-7)12(17)15-8-4-5-14-9(6-8)11(13)16;12-8-2-1-3-9(10(8)13)15-7-6-11(14)4-5-11/h4-7,10H,2-3H2,1H3,(H2,13,16)(H,14,15,17);1-3,14H,4-7H2. The zero-order valence-electron chi connectivity index (χ0n) is 18.2.